The summed E-state index contributed by atoms with van der Waals surface area (Å²) in [5, 5.41) is 8.94. The number of aromatic nitrogens is 3. The van der Waals surface area contributed by atoms with Gasteiger partial charge in [0.2, 0.25) is 5.91 Å². The first-order valence-electron chi connectivity index (χ1n) is 8.59. The van der Waals surface area contributed by atoms with Crippen LogP contribution in [0.5, 0.6) is 0 Å². The van der Waals surface area contributed by atoms with Crippen LogP contribution < -0.4 is 0 Å². The van der Waals surface area contributed by atoms with Crippen LogP contribution >= 0.6 is 11.8 Å². The van der Waals surface area contributed by atoms with Gasteiger partial charge in [-0.25, -0.2) is 4.39 Å². The summed E-state index contributed by atoms with van der Waals surface area (Å²) in [6, 6.07) is 6.76. The summed E-state index contributed by atoms with van der Waals surface area (Å²) in [5.74, 6) is 0.887. The van der Waals surface area contributed by atoms with Gasteiger partial charge in [-0.3, -0.25) is 9.36 Å². The Hall–Kier alpha value is -1.89. The van der Waals surface area contributed by atoms with Crippen molar-refractivity contribution < 1.29 is 9.18 Å². The second-order valence-corrected chi connectivity index (χ2v) is 7.50. The molecule has 0 N–H and O–H groups in total. The molecule has 1 saturated heterocycles. The number of piperidine rings is 1. The number of hydrogen-bond acceptors (Lipinski definition) is 4. The first-order valence-corrected chi connectivity index (χ1v) is 9.58. The zero-order valence-electron chi connectivity index (χ0n) is 14.8. The minimum absolute atomic E-state index is 0.135. The van der Waals surface area contributed by atoms with E-state index in [1.165, 1.54) is 30.3 Å². The van der Waals surface area contributed by atoms with Gasteiger partial charge in [0.05, 0.1) is 5.75 Å². The zero-order chi connectivity index (χ0) is 18.0. The second kappa shape index (κ2) is 7.56. The largest absolute Gasteiger partial charge is 0.337 e. The van der Waals surface area contributed by atoms with Crippen molar-refractivity contribution in [2.45, 2.75) is 57.3 Å². The summed E-state index contributed by atoms with van der Waals surface area (Å²) in [6.45, 7) is 6.07. The van der Waals surface area contributed by atoms with Crippen LogP contribution in [0.3, 0.4) is 0 Å². The highest BCUT2D eigenvalue weighted by Gasteiger charge is 2.29. The molecule has 0 aliphatic carbocycles. The molecule has 134 valence electrons. The van der Waals surface area contributed by atoms with Gasteiger partial charge in [0.25, 0.3) is 0 Å². The van der Waals surface area contributed by atoms with Crippen LogP contribution in [0, 0.1) is 12.7 Å². The third-order valence-corrected chi connectivity index (χ3v) is 5.60. The molecule has 0 spiro atoms. The van der Waals surface area contributed by atoms with Crippen molar-refractivity contribution in [1.29, 1.82) is 0 Å². The number of hydrogen-bond donors (Lipinski definition) is 0. The fraction of sp³-hybridized carbons (Fsp3) is 0.500. The number of likely N-dealkylation sites (tertiary alicyclic amines) is 1. The van der Waals surface area contributed by atoms with E-state index in [-0.39, 0.29) is 23.8 Å². The molecule has 5 nitrogen and oxygen atoms in total. The number of carbonyl (C=O) groups is 1. The second-order valence-electron chi connectivity index (χ2n) is 6.56. The van der Waals surface area contributed by atoms with E-state index < -0.39 is 0 Å². The minimum atomic E-state index is -0.285. The molecule has 7 heteroatoms. The van der Waals surface area contributed by atoms with Gasteiger partial charge < -0.3 is 4.90 Å². The molecule has 2 heterocycles. The van der Waals surface area contributed by atoms with E-state index in [0.29, 0.717) is 16.7 Å². The Morgan fingerprint density at radius 1 is 1.20 bits per heavy atom. The van der Waals surface area contributed by atoms with Crippen molar-refractivity contribution >= 4 is 17.7 Å². The molecule has 1 aliphatic heterocycles. The summed E-state index contributed by atoms with van der Waals surface area (Å²) >= 11 is 1.38. The SMILES string of the molecule is Cc1nnc(SCC(=O)N2[C@@H](C)CCC[C@@H]2C)n1-c1ccc(F)cc1. The smallest absolute Gasteiger partial charge is 0.233 e. The van der Waals surface area contributed by atoms with Gasteiger partial charge in [-0.15, -0.1) is 10.2 Å². The fourth-order valence-electron chi connectivity index (χ4n) is 3.44. The average molecular weight is 362 g/mol. The summed E-state index contributed by atoms with van der Waals surface area (Å²) in [4.78, 5) is 14.7. The number of rotatable bonds is 4. The molecule has 0 bridgehead atoms. The highest BCUT2D eigenvalue weighted by Crippen LogP contribution is 2.26. The van der Waals surface area contributed by atoms with Crippen LogP contribution in [-0.2, 0) is 4.79 Å². The molecule has 1 aromatic heterocycles. The monoisotopic (exact) mass is 362 g/mol. The molecule has 0 radical (unpaired) electrons. The summed E-state index contributed by atoms with van der Waals surface area (Å²) in [6.07, 6.45) is 3.30. The van der Waals surface area contributed by atoms with Crippen LogP contribution in [0.4, 0.5) is 4.39 Å². The van der Waals surface area contributed by atoms with Crippen LogP contribution in [0.25, 0.3) is 5.69 Å². The van der Waals surface area contributed by atoms with Crippen LogP contribution in [-0.4, -0.2) is 43.4 Å². The van der Waals surface area contributed by atoms with Gasteiger partial charge in [-0.05, 0) is 64.3 Å². The minimum Gasteiger partial charge on any atom is -0.337 e. The van der Waals surface area contributed by atoms with Gasteiger partial charge in [-0.1, -0.05) is 11.8 Å². The van der Waals surface area contributed by atoms with Crippen molar-refractivity contribution in [1.82, 2.24) is 19.7 Å². The molecule has 1 fully saturated rings. The fourth-order valence-corrected chi connectivity index (χ4v) is 4.30. The number of amides is 1. The van der Waals surface area contributed by atoms with Gasteiger partial charge in [0.1, 0.15) is 11.6 Å². The highest BCUT2D eigenvalue weighted by molar-refractivity contribution is 7.99. The van der Waals surface area contributed by atoms with E-state index in [4.69, 9.17) is 0 Å². The van der Waals surface area contributed by atoms with Crippen molar-refractivity contribution in [3.63, 3.8) is 0 Å². The Morgan fingerprint density at radius 3 is 2.48 bits per heavy atom. The van der Waals surface area contributed by atoms with Gasteiger partial charge in [0.15, 0.2) is 5.16 Å². The Balaban J connectivity index is 1.74. The van der Waals surface area contributed by atoms with E-state index in [0.717, 1.165) is 18.5 Å². The molecule has 1 amide bonds. The topological polar surface area (TPSA) is 51.0 Å². The Morgan fingerprint density at radius 2 is 1.84 bits per heavy atom. The lowest BCUT2D eigenvalue weighted by molar-refractivity contribution is -0.134. The summed E-state index contributed by atoms with van der Waals surface area (Å²) < 4.78 is 15.0. The number of nitrogens with zero attached hydrogens (tertiary/aromatic N) is 4. The quantitative estimate of drug-likeness (QED) is 0.780. The van der Waals surface area contributed by atoms with E-state index in [9.17, 15) is 9.18 Å². The molecular weight excluding hydrogens is 339 g/mol. The maximum absolute atomic E-state index is 13.2. The third-order valence-electron chi connectivity index (χ3n) is 4.69. The number of thioether (sulfide) groups is 1. The lowest BCUT2D eigenvalue weighted by atomic mass is 9.98. The normalized spacial score (nSPS) is 20.7. The standard InChI is InChI=1S/C18H23FN4OS/c1-12-5-4-6-13(2)22(12)17(24)11-25-18-21-20-14(3)23(18)16-9-7-15(19)8-10-16/h7-10,12-13H,4-6,11H2,1-3H3/t12-,13-/m0/s1. The predicted molar refractivity (Wildman–Crippen MR) is 96.4 cm³/mol. The average Bonchev–Trinajstić information content (AvgIpc) is 2.94. The molecule has 0 unspecified atom stereocenters. The van der Waals surface area contributed by atoms with E-state index in [1.807, 2.05) is 16.4 Å². The molecule has 25 heavy (non-hydrogen) atoms. The summed E-state index contributed by atoms with van der Waals surface area (Å²) in [5.41, 5.74) is 0.790. The van der Waals surface area contributed by atoms with E-state index in [1.54, 1.807) is 12.1 Å². The lowest BCUT2D eigenvalue weighted by Gasteiger charge is -2.39. The van der Waals surface area contributed by atoms with Crippen LogP contribution in [0.2, 0.25) is 0 Å². The number of benzene rings is 1. The molecule has 0 saturated carbocycles. The maximum Gasteiger partial charge on any atom is 0.233 e. The zero-order valence-corrected chi connectivity index (χ0v) is 15.6. The molecule has 2 atom stereocenters. The number of halogens is 1. The Kier molecular flexibility index (Phi) is 5.42. The first-order chi connectivity index (χ1) is 12.0. The Labute approximate surface area is 151 Å². The summed E-state index contributed by atoms with van der Waals surface area (Å²) in [7, 11) is 0. The van der Waals surface area contributed by atoms with Gasteiger partial charge in [-0.2, -0.15) is 0 Å². The van der Waals surface area contributed by atoms with Crippen LogP contribution in [0.15, 0.2) is 29.4 Å². The number of carbonyl (C=O) groups excluding carboxylic acids is 1. The number of aryl methyl sites for hydroxylation is 1. The van der Waals surface area contributed by atoms with Gasteiger partial charge >= 0.3 is 0 Å². The molecule has 1 aliphatic rings. The highest BCUT2D eigenvalue weighted by atomic mass is 32.2. The van der Waals surface area contributed by atoms with Crippen molar-refractivity contribution in [2.24, 2.45) is 0 Å². The van der Waals surface area contributed by atoms with E-state index >= 15 is 0 Å². The first kappa shape index (κ1) is 17.9. The molecule has 1 aromatic carbocycles. The maximum atomic E-state index is 13.2. The van der Waals surface area contributed by atoms with Crippen LogP contribution in [0.1, 0.15) is 38.9 Å². The molecule has 3 rings (SSSR count). The van der Waals surface area contributed by atoms with Crippen molar-refractivity contribution in [3.05, 3.63) is 35.9 Å². The third kappa shape index (κ3) is 3.86. The van der Waals surface area contributed by atoms with E-state index in [2.05, 4.69) is 24.0 Å². The molecular formula is C18H23FN4OS. The predicted octanol–water partition coefficient (Wildman–Crippen LogP) is 3.60. The van der Waals surface area contributed by atoms with Crippen molar-refractivity contribution in [3.8, 4) is 5.69 Å². The molecule has 2 aromatic rings. The van der Waals surface area contributed by atoms with Crippen molar-refractivity contribution in [2.75, 3.05) is 5.75 Å². The lowest BCUT2D eigenvalue weighted by Crippen LogP contribution is -2.48. The Bertz CT molecular complexity index is 736. The van der Waals surface area contributed by atoms with Gasteiger partial charge in [0, 0.05) is 17.8 Å².